The number of benzene rings is 1. The highest BCUT2D eigenvalue weighted by Crippen LogP contribution is 2.26. The molecule has 0 bridgehead atoms. The Morgan fingerprint density at radius 2 is 2.00 bits per heavy atom. The van der Waals surface area contributed by atoms with Crippen LogP contribution in [0.1, 0.15) is 10.4 Å². The molecule has 0 saturated carbocycles. The third-order valence-electron chi connectivity index (χ3n) is 3.28. The molecule has 1 N–H and O–H groups in total. The second-order valence-electron chi connectivity index (χ2n) is 4.34. The first-order chi connectivity index (χ1) is 8.76. The summed E-state index contributed by atoms with van der Waals surface area (Å²) in [4.78, 5) is 15.5. The zero-order valence-corrected chi connectivity index (χ0v) is 10.9. The lowest BCUT2D eigenvalue weighted by atomic mass is 10.1. The topological polar surface area (TPSA) is 43.8 Å². The number of halogens is 1. The molecular weight excluding hydrogens is 252 g/mol. The number of β-amino-alcohol motifs (C(OH)–C–C–N with tert-alkyl or cyclic N) is 1. The van der Waals surface area contributed by atoms with Crippen molar-refractivity contribution in [3.05, 3.63) is 28.8 Å². The Morgan fingerprint density at radius 1 is 1.28 bits per heavy atom. The van der Waals surface area contributed by atoms with Gasteiger partial charge in [-0.1, -0.05) is 17.7 Å². The summed E-state index contributed by atoms with van der Waals surface area (Å²) in [6.45, 7) is 4.39. The molecule has 1 fully saturated rings. The molecule has 1 aliphatic heterocycles. The van der Waals surface area contributed by atoms with Gasteiger partial charge in [0.15, 0.2) is 6.29 Å². The van der Waals surface area contributed by atoms with Gasteiger partial charge in [0.1, 0.15) is 0 Å². The first kappa shape index (κ1) is 13.3. The van der Waals surface area contributed by atoms with E-state index in [0.717, 1.165) is 38.2 Å². The summed E-state index contributed by atoms with van der Waals surface area (Å²) >= 11 is 6.03. The number of anilines is 1. The van der Waals surface area contributed by atoms with Crippen LogP contribution in [-0.2, 0) is 0 Å². The number of carbonyl (C=O) groups is 1. The fourth-order valence-electron chi connectivity index (χ4n) is 2.27. The van der Waals surface area contributed by atoms with Crippen LogP contribution >= 0.6 is 11.6 Å². The number of rotatable bonds is 4. The summed E-state index contributed by atoms with van der Waals surface area (Å²) in [6, 6.07) is 5.53. The highest BCUT2D eigenvalue weighted by molar-refractivity contribution is 6.33. The molecule has 1 heterocycles. The number of piperazine rings is 1. The Kier molecular flexibility index (Phi) is 4.58. The summed E-state index contributed by atoms with van der Waals surface area (Å²) < 4.78 is 0. The van der Waals surface area contributed by atoms with Gasteiger partial charge in [-0.05, 0) is 12.1 Å². The van der Waals surface area contributed by atoms with Crippen LogP contribution < -0.4 is 4.90 Å². The van der Waals surface area contributed by atoms with Gasteiger partial charge in [0.25, 0.3) is 0 Å². The summed E-state index contributed by atoms with van der Waals surface area (Å²) in [5.74, 6) is 0. The number of aliphatic hydroxyl groups is 1. The zero-order valence-electron chi connectivity index (χ0n) is 10.2. The van der Waals surface area contributed by atoms with Crippen molar-refractivity contribution < 1.29 is 9.90 Å². The summed E-state index contributed by atoms with van der Waals surface area (Å²) in [7, 11) is 0. The van der Waals surface area contributed by atoms with Gasteiger partial charge in [0, 0.05) is 38.4 Å². The van der Waals surface area contributed by atoms with Crippen LogP contribution in [0, 0.1) is 0 Å². The number of carbonyl (C=O) groups excluding carboxylic acids is 1. The van der Waals surface area contributed by atoms with E-state index in [2.05, 4.69) is 9.80 Å². The molecule has 0 aromatic heterocycles. The molecule has 0 amide bonds. The normalized spacial score (nSPS) is 16.9. The molecule has 1 saturated heterocycles. The lowest BCUT2D eigenvalue weighted by molar-refractivity contribution is 0.112. The van der Waals surface area contributed by atoms with E-state index in [9.17, 15) is 4.79 Å². The lowest BCUT2D eigenvalue weighted by Crippen LogP contribution is -2.47. The maximum atomic E-state index is 11.1. The first-order valence-electron chi connectivity index (χ1n) is 6.08. The fourth-order valence-corrected chi connectivity index (χ4v) is 2.49. The van der Waals surface area contributed by atoms with Crippen LogP contribution in [0.2, 0.25) is 5.02 Å². The molecule has 2 rings (SSSR count). The minimum atomic E-state index is 0.191. The lowest BCUT2D eigenvalue weighted by Gasteiger charge is -2.36. The molecule has 4 nitrogen and oxygen atoms in total. The molecule has 0 radical (unpaired) electrons. The molecule has 1 aliphatic rings. The van der Waals surface area contributed by atoms with E-state index in [1.165, 1.54) is 0 Å². The molecular formula is C13H17ClN2O2. The van der Waals surface area contributed by atoms with Gasteiger partial charge in [-0.25, -0.2) is 0 Å². The molecule has 98 valence electrons. The van der Waals surface area contributed by atoms with Crippen LogP contribution in [0.5, 0.6) is 0 Å². The van der Waals surface area contributed by atoms with Crippen molar-refractivity contribution in [2.24, 2.45) is 0 Å². The monoisotopic (exact) mass is 268 g/mol. The van der Waals surface area contributed by atoms with E-state index in [-0.39, 0.29) is 6.61 Å². The van der Waals surface area contributed by atoms with Gasteiger partial charge in [-0.15, -0.1) is 0 Å². The molecule has 1 aromatic rings. The van der Waals surface area contributed by atoms with E-state index < -0.39 is 0 Å². The number of nitrogens with zero attached hydrogens (tertiary/aromatic N) is 2. The minimum Gasteiger partial charge on any atom is -0.395 e. The fraction of sp³-hybridized carbons (Fsp3) is 0.462. The largest absolute Gasteiger partial charge is 0.395 e. The Hall–Kier alpha value is -1.10. The van der Waals surface area contributed by atoms with Gasteiger partial charge in [0.05, 0.1) is 17.2 Å². The smallest absolute Gasteiger partial charge is 0.153 e. The summed E-state index contributed by atoms with van der Waals surface area (Å²) in [5.41, 5.74) is 1.47. The van der Waals surface area contributed by atoms with E-state index in [4.69, 9.17) is 16.7 Å². The second kappa shape index (κ2) is 6.18. The van der Waals surface area contributed by atoms with Crippen molar-refractivity contribution >= 4 is 23.6 Å². The number of aldehydes is 1. The standard InChI is InChI=1S/C13H17ClN2O2/c14-12-2-1-3-13(11(12)10-18)16-6-4-15(5-7-16)8-9-17/h1-3,10,17H,4-9H2. The SMILES string of the molecule is O=Cc1c(Cl)cccc1N1CCN(CCO)CC1. The van der Waals surface area contributed by atoms with Gasteiger partial charge >= 0.3 is 0 Å². The number of aliphatic hydroxyl groups excluding tert-OH is 1. The van der Waals surface area contributed by atoms with E-state index in [1.807, 2.05) is 12.1 Å². The quantitative estimate of drug-likeness (QED) is 0.836. The van der Waals surface area contributed by atoms with Crippen molar-refractivity contribution in [3.63, 3.8) is 0 Å². The van der Waals surface area contributed by atoms with Crippen LogP contribution in [0.25, 0.3) is 0 Å². The third kappa shape index (κ3) is 2.83. The van der Waals surface area contributed by atoms with E-state index in [0.29, 0.717) is 17.1 Å². The Morgan fingerprint density at radius 3 is 2.61 bits per heavy atom. The average Bonchev–Trinajstić information content (AvgIpc) is 2.40. The first-order valence-corrected chi connectivity index (χ1v) is 6.46. The van der Waals surface area contributed by atoms with Crippen LogP contribution in [0.4, 0.5) is 5.69 Å². The van der Waals surface area contributed by atoms with Crippen LogP contribution in [-0.4, -0.2) is 55.6 Å². The third-order valence-corrected chi connectivity index (χ3v) is 3.61. The maximum Gasteiger partial charge on any atom is 0.153 e. The van der Waals surface area contributed by atoms with Crippen LogP contribution in [0.15, 0.2) is 18.2 Å². The molecule has 0 spiro atoms. The van der Waals surface area contributed by atoms with Gasteiger partial charge < -0.3 is 10.0 Å². The van der Waals surface area contributed by atoms with Crippen molar-refractivity contribution in [2.75, 3.05) is 44.2 Å². The maximum absolute atomic E-state index is 11.1. The van der Waals surface area contributed by atoms with Gasteiger partial charge in [-0.2, -0.15) is 0 Å². The minimum absolute atomic E-state index is 0.191. The summed E-state index contributed by atoms with van der Waals surface area (Å²) in [5, 5.41) is 9.40. The van der Waals surface area contributed by atoms with Gasteiger partial charge in [-0.3, -0.25) is 9.69 Å². The average molecular weight is 269 g/mol. The van der Waals surface area contributed by atoms with Crippen molar-refractivity contribution in [3.8, 4) is 0 Å². The van der Waals surface area contributed by atoms with Gasteiger partial charge in [0.2, 0.25) is 0 Å². The predicted molar refractivity (Wildman–Crippen MR) is 72.6 cm³/mol. The Bertz CT molecular complexity index is 417. The van der Waals surface area contributed by atoms with Crippen molar-refractivity contribution in [2.45, 2.75) is 0 Å². The molecule has 0 unspecified atom stereocenters. The summed E-state index contributed by atoms with van der Waals surface area (Å²) in [6.07, 6.45) is 0.817. The predicted octanol–water partition coefficient (Wildman–Crippen LogP) is 1.27. The molecule has 0 aliphatic carbocycles. The molecule has 18 heavy (non-hydrogen) atoms. The van der Waals surface area contributed by atoms with Crippen molar-refractivity contribution in [1.82, 2.24) is 4.90 Å². The molecule has 5 heteroatoms. The molecule has 0 atom stereocenters. The van der Waals surface area contributed by atoms with E-state index in [1.54, 1.807) is 6.07 Å². The van der Waals surface area contributed by atoms with E-state index >= 15 is 0 Å². The highest BCUT2D eigenvalue weighted by Gasteiger charge is 2.19. The zero-order chi connectivity index (χ0) is 13.0. The number of hydrogen-bond acceptors (Lipinski definition) is 4. The Labute approximate surface area is 112 Å². The second-order valence-corrected chi connectivity index (χ2v) is 4.75. The van der Waals surface area contributed by atoms with Crippen molar-refractivity contribution in [1.29, 1.82) is 0 Å². The Balaban J connectivity index is 2.10. The highest BCUT2D eigenvalue weighted by atomic mass is 35.5. The number of hydrogen-bond donors (Lipinski definition) is 1. The molecule has 1 aromatic carbocycles. The van der Waals surface area contributed by atoms with Crippen LogP contribution in [0.3, 0.4) is 0 Å².